The average Bonchev–Trinajstić information content (AvgIpc) is 1.63. The number of hydrogen-bond donors (Lipinski definition) is 1. The highest BCUT2D eigenvalue weighted by Gasteiger charge is 1.96. The van der Waals surface area contributed by atoms with Crippen molar-refractivity contribution in [2.75, 3.05) is 14.1 Å². The van der Waals surface area contributed by atoms with Gasteiger partial charge in [0.1, 0.15) is 0 Å². The highest BCUT2D eigenvalue weighted by molar-refractivity contribution is 5.87. The molecule has 0 rings (SSSR count). The Morgan fingerprint density at radius 2 is 2.00 bits per heavy atom. The molecule has 0 aromatic carbocycles. The second-order valence-electron chi connectivity index (χ2n) is 2.12. The van der Waals surface area contributed by atoms with E-state index < -0.39 is 0 Å². The monoisotopic (exact) mass is 128 g/mol. The van der Waals surface area contributed by atoms with E-state index in [2.05, 4.69) is 0 Å². The summed E-state index contributed by atoms with van der Waals surface area (Å²) >= 11 is 0. The van der Waals surface area contributed by atoms with Crippen LogP contribution in [0.25, 0.3) is 0 Å². The molecule has 0 fully saturated rings. The van der Waals surface area contributed by atoms with Crippen molar-refractivity contribution in [2.45, 2.75) is 6.92 Å². The van der Waals surface area contributed by atoms with Crippen LogP contribution < -0.4 is 5.73 Å². The van der Waals surface area contributed by atoms with Crippen LogP contribution in [-0.2, 0) is 4.79 Å². The lowest BCUT2D eigenvalue weighted by Gasteiger charge is -2.05. The van der Waals surface area contributed by atoms with Gasteiger partial charge < -0.3 is 10.6 Å². The smallest absolute Gasteiger partial charge is 0.247 e. The molecule has 0 radical (unpaired) electrons. The minimum absolute atomic E-state index is 0.0741. The van der Waals surface area contributed by atoms with Gasteiger partial charge in [-0.25, -0.2) is 0 Å². The molecule has 3 nitrogen and oxygen atoms in total. The van der Waals surface area contributed by atoms with E-state index in [9.17, 15) is 4.79 Å². The van der Waals surface area contributed by atoms with Gasteiger partial charge in [0.15, 0.2) is 0 Å². The van der Waals surface area contributed by atoms with E-state index in [0.717, 1.165) is 0 Å². The highest BCUT2D eigenvalue weighted by Crippen LogP contribution is 1.84. The lowest BCUT2D eigenvalue weighted by atomic mass is 10.4. The number of carbonyl (C=O) groups excluding carboxylic acids is 1. The fourth-order valence-corrected chi connectivity index (χ4v) is 0.324. The third kappa shape index (κ3) is 3.58. The number of carbonyl (C=O) groups is 1. The average molecular weight is 128 g/mol. The molecule has 2 N–H and O–H groups in total. The van der Waals surface area contributed by atoms with Crippen LogP contribution in [0.3, 0.4) is 0 Å². The van der Waals surface area contributed by atoms with E-state index in [4.69, 9.17) is 5.73 Å². The highest BCUT2D eigenvalue weighted by atomic mass is 16.2. The summed E-state index contributed by atoms with van der Waals surface area (Å²) in [6, 6.07) is 0. The Labute approximate surface area is 55.1 Å². The normalized spacial score (nSPS) is 11.2. The van der Waals surface area contributed by atoms with Crippen LogP contribution in [0.4, 0.5) is 0 Å². The number of likely N-dealkylation sites (N-methyl/N-ethyl adjacent to an activating group) is 1. The number of hydrogen-bond acceptors (Lipinski definition) is 2. The number of amides is 1. The maximum atomic E-state index is 10.7. The van der Waals surface area contributed by atoms with E-state index in [-0.39, 0.29) is 5.91 Å². The van der Waals surface area contributed by atoms with Crippen LogP contribution >= 0.6 is 0 Å². The van der Waals surface area contributed by atoms with Crippen LogP contribution in [-0.4, -0.2) is 24.9 Å². The van der Waals surface area contributed by atoms with Gasteiger partial charge in [-0.1, -0.05) is 0 Å². The lowest BCUT2D eigenvalue weighted by Crippen LogP contribution is -2.20. The second kappa shape index (κ2) is 3.12. The van der Waals surface area contributed by atoms with Crippen LogP contribution in [0.2, 0.25) is 0 Å². The Balaban J connectivity index is 3.93. The van der Waals surface area contributed by atoms with Gasteiger partial charge in [0, 0.05) is 25.9 Å². The molecule has 0 aromatic heterocycles. The van der Waals surface area contributed by atoms with Gasteiger partial charge >= 0.3 is 0 Å². The maximum absolute atomic E-state index is 10.7. The SMILES string of the molecule is CC(N)=CC(=O)N(C)C. The summed E-state index contributed by atoms with van der Waals surface area (Å²) in [5.41, 5.74) is 5.78. The maximum Gasteiger partial charge on any atom is 0.247 e. The first-order valence-electron chi connectivity index (χ1n) is 2.69. The van der Waals surface area contributed by atoms with Crippen molar-refractivity contribution >= 4 is 5.91 Å². The van der Waals surface area contributed by atoms with Crippen molar-refractivity contribution in [1.29, 1.82) is 0 Å². The predicted octanol–water partition coefficient (Wildman–Crippen LogP) is -0.0629. The zero-order chi connectivity index (χ0) is 7.44. The van der Waals surface area contributed by atoms with Gasteiger partial charge in [-0.3, -0.25) is 4.79 Å². The molecule has 0 atom stereocenters. The third-order valence-corrected chi connectivity index (χ3v) is 0.792. The van der Waals surface area contributed by atoms with Gasteiger partial charge in [0.25, 0.3) is 0 Å². The van der Waals surface area contributed by atoms with Gasteiger partial charge in [-0.05, 0) is 6.92 Å². The largest absolute Gasteiger partial charge is 0.402 e. The first kappa shape index (κ1) is 8.01. The van der Waals surface area contributed by atoms with E-state index in [1.54, 1.807) is 21.0 Å². The first-order chi connectivity index (χ1) is 4.04. The summed E-state index contributed by atoms with van der Waals surface area (Å²) in [5.74, 6) is -0.0741. The van der Waals surface area contributed by atoms with Crippen LogP contribution in [0.15, 0.2) is 11.8 Å². The fourth-order valence-electron chi connectivity index (χ4n) is 0.324. The van der Waals surface area contributed by atoms with Crippen LogP contribution in [0.5, 0.6) is 0 Å². The van der Waals surface area contributed by atoms with E-state index in [1.165, 1.54) is 11.0 Å². The summed E-state index contributed by atoms with van der Waals surface area (Å²) in [6.07, 6.45) is 1.39. The topological polar surface area (TPSA) is 46.3 Å². The molecule has 0 aliphatic heterocycles. The second-order valence-corrected chi connectivity index (χ2v) is 2.12. The number of nitrogens with two attached hydrogens (primary N) is 1. The molecule has 52 valence electrons. The summed E-state index contributed by atoms with van der Waals surface area (Å²) < 4.78 is 0. The minimum Gasteiger partial charge on any atom is -0.402 e. The lowest BCUT2D eigenvalue weighted by molar-refractivity contribution is -0.123. The Morgan fingerprint density at radius 1 is 1.56 bits per heavy atom. The minimum atomic E-state index is -0.0741. The van der Waals surface area contributed by atoms with Crippen molar-refractivity contribution in [3.8, 4) is 0 Å². The van der Waals surface area contributed by atoms with E-state index in [0.29, 0.717) is 5.70 Å². The van der Waals surface area contributed by atoms with Crippen molar-refractivity contribution in [1.82, 2.24) is 4.90 Å². The molecule has 0 unspecified atom stereocenters. The van der Waals surface area contributed by atoms with E-state index >= 15 is 0 Å². The molecule has 1 amide bonds. The van der Waals surface area contributed by atoms with Crippen molar-refractivity contribution < 1.29 is 4.79 Å². The van der Waals surface area contributed by atoms with Crippen molar-refractivity contribution in [3.63, 3.8) is 0 Å². The number of allylic oxidation sites excluding steroid dienone is 1. The summed E-state index contributed by atoms with van der Waals surface area (Å²) in [5, 5.41) is 0. The molecule has 0 saturated heterocycles. The van der Waals surface area contributed by atoms with Crippen molar-refractivity contribution in [2.24, 2.45) is 5.73 Å². The van der Waals surface area contributed by atoms with E-state index in [1.807, 2.05) is 0 Å². The van der Waals surface area contributed by atoms with Gasteiger partial charge in [0.2, 0.25) is 5.91 Å². The Bertz CT molecular complexity index is 134. The molecule has 0 aliphatic rings. The molecule has 0 aliphatic carbocycles. The first-order valence-corrected chi connectivity index (χ1v) is 2.69. The molecular weight excluding hydrogens is 116 g/mol. The molecule has 0 bridgehead atoms. The molecule has 0 saturated carbocycles. The Hall–Kier alpha value is -0.990. The van der Waals surface area contributed by atoms with Gasteiger partial charge in [-0.2, -0.15) is 0 Å². The van der Waals surface area contributed by atoms with Crippen LogP contribution in [0, 0.1) is 0 Å². The number of nitrogens with zero attached hydrogens (tertiary/aromatic N) is 1. The molecular formula is C6H12N2O. The zero-order valence-electron chi connectivity index (χ0n) is 6.01. The fraction of sp³-hybridized carbons (Fsp3) is 0.500. The summed E-state index contributed by atoms with van der Waals surface area (Å²) in [7, 11) is 3.36. The molecule has 0 heterocycles. The number of rotatable bonds is 1. The molecule has 3 heteroatoms. The Morgan fingerprint density at radius 3 is 2.11 bits per heavy atom. The standard InChI is InChI=1S/C6H12N2O/c1-5(7)4-6(9)8(2)3/h4H,7H2,1-3H3. The van der Waals surface area contributed by atoms with Crippen molar-refractivity contribution in [3.05, 3.63) is 11.8 Å². The molecule has 0 aromatic rings. The zero-order valence-corrected chi connectivity index (χ0v) is 6.01. The Kier molecular flexibility index (Phi) is 2.78. The van der Waals surface area contributed by atoms with Crippen LogP contribution in [0.1, 0.15) is 6.92 Å². The third-order valence-electron chi connectivity index (χ3n) is 0.792. The van der Waals surface area contributed by atoms with Gasteiger partial charge in [0.05, 0.1) is 0 Å². The quantitative estimate of drug-likeness (QED) is 0.503. The molecule has 9 heavy (non-hydrogen) atoms. The summed E-state index contributed by atoms with van der Waals surface area (Å²) in [4.78, 5) is 12.2. The molecule has 0 spiro atoms. The van der Waals surface area contributed by atoms with Gasteiger partial charge in [-0.15, -0.1) is 0 Å². The predicted molar refractivity (Wildman–Crippen MR) is 36.6 cm³/mol. The summed E-state index contributed by atoms with van der Waals surface area (Å²) in [6.45, 7) is 1.68.